The third-order valence-corrected chi connectivity index (χ3v) is 1.91. The first-order valence-electron chi connectivity index (χ1n) is 4.31. The second-order valence-electron chi connectivity index (χ2n) is 3.29. The quantitative estimate of drug-likeness (QED) is 0.764. The van der Waals surface area contributed by atoms with E-state index < -0.39 is 0 Å². The Hall–Kier alpha value is -1.32. The van der Waals surface area contributed by atoms with Crippen molar-refractivity contribution in [1.29, 1.82) is 0 Å². The molecule has 0 bridgehead atoms. The van der Waals surface area contributed by atoms with Crippen LogP contribution in [0.2, 0.25) is 0 Å². The zero-order valence-corrected chi connectivity index (χ0v) is 8.07. The fourth-order valence-electron chi connectivity index (χ4n) is 0.734. The lowest BCUT2D eigenvalue weighted by Crippen LogP contribution is -2.23. The molecule has 1 aromatic heterocycles. The molecule has 4 heteroatoms. The van der Waals surface area contributed by atoms with Gasteiger partial charge in [0.15, 0.2) is 0 Å². The molecular weight excluding hydrogens is 168 g/mol. The summed E-state index contributed by atoms with van der Waals surface area (Å²) in [7, 11) is 0. The van der Waals surface area contributed by atoms with Gasteiger partial charge in [-0.05, 0) is 12.8 Å². The Morgan fingerprint density at radius 2 is 2.15 bits per heavy atom. The predicted molar refractivity (Wildman–Crippen MR) is 49.8 cm³/mol. The highest BCUT2D eigenvalue weighted by atomic mass is 16.5. The molecule has 0 aromatic carbocycles. The van der Waals surface area contributed by atoms with E-state index in [-0.39, 0.29) is 17.5 Å². The van der Waals surface area contributed by atoms with Crippen LogP contribution < -0.4 is 10.3 Å². The van der Waals surface area contributed by atoms with E-state index in [2.05, 4.69) is 9.97 Å². The van der Waals surface area contributed by atoms with Gasteiger partial charge >= 0.3 is 5.56 Å². The molecular formula is C9H14N2O2. The van der Waals surface area contributed by atoms with Gasteiger partial charge in [0.25, 0.3) is 5.88 Å². The molecule has 0 saturated carbocycles. The van der Waals surface area contributed by atoms with Gasteiger partial charge in [0.1, 0.15) is 6.10 Å². The zero-order chi connectivity index (χ0) is 9.84. The van der Waals surface area contributed by atoms with Crippen molar-refractivity contribution in [3.63, 3.8) is 0 Å². The Kier molecular flexibility index (Phi) is 3.06. The van der Waals surface area contributed by atoms with Crippen LogP contribution in [-0.4, -0.2) is 16.1 Å². The summed E-state index contributed by atoms with van der Waals surface area (Å²) in [4.78, 5) is 17.5. The van der Waals surface area contributed by atoms with Crippen LogP contribution in [0.4, 0.5) is 0 Å². The summed E-state index contributed by atoms with van der Waals surface area (Å²) in [6.07, 6.45) is 2.98. The van der Waals surface area contributed by atoms with Crippen molar-refractivity contribution < 1.29 is 4.74 Å². The standard InChI is InChI=1S/C9H14N2O2/c1-6(2)7(3)13-9-8(12)10-4-5-11-9/h4-7H,1-3H3,(H,10,12). The SMILES string of the molecule is CC(C)C(C)Oc1ncc[nH]c1=O. The van der Waals surface area contributed by atoms with Crippen molar-refractivity contribution >= 4 is 0 Å². The summed E-state index contributed by atoms with van der Waals surface area (Å²) < 4.78 is 5.35. The van der Waals surface area contributed by atoms with E-state index in [0.29, 0.717) is 5.92 Å². The van der Waals surface area contributed by atoms with E-state index in [1.165, 1.54) is 12.4 Å². The van der Waals surface area contributed by atoms with Gasteiger partial charge < -0.3 is 9.72 Å². The minimum atomic E-state index is -0.282. The van der Waals surface area contributed by atoms with Crippen LogP contribution in [0.1, 0.15) is 20.8 Å². The number of ether oxygens (including phenoxy) is 1. The fraction of sp³-hybridized carbons (Fsp3) is 0.556. The summed E-state index contributed by atoms with van der Waals surface area (Å²) in [6.45, 7) is 5.97. The van der Waals surface area contributed by atoms with E-state index >= 15 is 0 Å². The second kappa shape index (κ2) is 4.07. The molecule has 1 aromatic rings. The zero-order valence-electron chi connectivity index (χ0n) is 8.07. The summed E-state index contributed by atoms with van der Waals surface area (Å²) in [5, 5.41) is 0. The number of nitrogens with one attached hydrogen (secondary N) is 1. The molecule has 1 N–H and O–H groups in total. The monoisotopic (exact) mass is 182 g/mol. The number of nitrogens with zero attached hydrogens (tertiary/aromatic N) is 1. The van der Waals surface area contributed by atoms with Crippen LogP contribution in [0, 0.1) is 5.92 Å². The highest BCUT2D eigenvalue weighted by Gasteiger charge is 2.11. The van der Waals surface area contributed by atoms with Crippen LogP contribution in [0.5, 0.6) is 5.88 Å². The summed E-state index contributed by atoms with van der Waals surface area (Å²) in [5.74, 6) is 0.505. The molecule has 72 valence electrons. The lowest BCUT2D eigenvalue weighted by molar-refractivity contribution is 0.160. The molecule has 0 radical (unpaired) electrons. The predicted octanol–water partition coefficient (Wildman–Crippen LogP) is 1.19. The maximum Gasteiger partial charge on any atom is 0.310 e. The van der Waals surface area contributed by atoms with Gasteiger partial charge in [-0.15, -0.1) is 0 Å². The van der Waals surface area contributed by atoms with Gasteiger partial charge in [-0.1, -0.05) is 13.8 Å². The molecule has 1 rings (SSSR count). The van der Waals surface area contributed by atoms with Crippen LogP contribution >= 0.6 is 0 Å². The Morgan fingerprint density at radius 3 is 2.69 bits per heavy atom. The fourth-order valence-corrected chi connectivity index (χ4v) is 0.734. The Labute approximate surface area is 77.0 Å². The third kappa shape index (κ3) is 2.57. The molecule has 13 heavy (non-hydrogen) atoms. The van der Waals surface area contributed by atoms with E-state index in [0.717, 1.165) is 0 Å². The molecule has 0 aliphatic heterocycles. The first kappa shape index (κ1) is 9.77. The molecule has 1 heterocycles. The topological polar surface area (TPSA) is 55.0 Å². The molecule has 0 amide bonds. The number of hydrogen-bond donors (Lipinski definition) is 1. The Morgan fingerprint density at radius 1 is 1.46 bits per heavy atom. The summed E-state index contributed by atoms with van der Waals surface area (Å²) in [5.41, 5.74) is -0.282. The van der Waals surface area contributed by atoms with Crippen molar-refractivity contribution in [1.82, 2.24) is 9.97 Å². The lowest BCUT2D eigenvalue weighted by Gasteiger charge is -2.15. The highest BCUT2D eigenvalue weighted by molar-refractivity contribution is 5.02. The van der Waals surface area contributed by atoms with Crippen molar-refractivity contribution in [2.75, 3.05) is 0 Å². The Bertz CT molecular complexity index is 319. The van der Waals surface area contributed by atoms with Gasteiger partial charge in [-0.25, -0.2) is 4.98 Å². The van der Waals surface area contributed by atoms with Gasteiger partial charge in [0.2, 0.25) is 0 Å². The van der Waals surface area contributed by atoms with E-state index in [1.807, 2.05) is 20.8 Å². The van der Waals surface area contributed by atoms with Crippen LogP contribution in [-0.2, 0) is 0 Å². The van der Waals surface area contributed by atoms with Crippen molar-refractivity contribution in [3.8, 4) is 5.88 Å². The first-order chi connectivity index (χ1) is 6.11. The van der Waals surface area contributed by atoms with Gasteiger partial charge in [-0.3, -0.25) is 4.79 Å². The van der Waals surface area contributed by atoms with Gasteiger partial charge in [0.05, 0.1) is 0 Å². The average Bonchev–Trinajstić information content (AvgIpc) is 2.08. The minimum absolute atomic E-state index is 0.00370. The normalized spacial score (nSPS) is 12.9. The summed E-state index contributed by atoms with van der Waals surface area (Å²) in [6, 6.07) is 0. The highest BCUT2D eigenvalue weighted by Crippen LogP contribution is 2.07. The summed E-state index contributed by atoms with van der Waals surface area (Å²) >= 11 is 0. The Balaban J connectivity index is 2.75. The van der Waals surface area contributed by atoms with Gasteiger partial charge in [-0.2, -0.15) is 0 Å². The van der Waals surface area contributed by atoms with Crippen molar-refractivity contribution in [3.05, 3.63) is 22.7 Å². The van der Waals surface area contributed by atoms with Crippen molar-refractivity contribution in [2.24, 2.45) is 5.92 Å². The molecule has 0 spiro atoms. The smallest absolute Gasteiger partial charge is 0.310 e. The van der Waals surface area contributed by atoms with Gasteiger partial charge in [0, 0.05) is 12.4 Å². The van der Waals surface area contributed by atoms with E-state index in [1.54, 1.807) is 0 Å². The van der Waals surface area contributed by atoms with Crippen LogP contribution in [0.25, 0.3) is 0 Å². The second-order valence-corrected chi connectivity index (χ2v) is 3.29. The molecule has 1 atom stereocenters. The number of hydrogen-bond acceptors (Lipinski definition) is 3. The molecule has 4 nitrogen and oxygen atoms in total. The van der Waals surface area contributed by atoms with E-state index in [9.17, 15) is 4.79 Å². The number of H-pyrrole nitrogens is 1. The maximum atomic E-state index is 11.1. The maximum absolute atomic E-state index is 11.1. The number of aromatic nitrogens is 2. The number of aromatic amines is 1. The van der Waals surface area contributed by atoms with E-state index in [4.69, 9.17) is 4.74 Å². The molecule has 1 unspecified atom stereocenters. The number of rotatable bonds is 3. The first-order valence-corrected chi connectivity index (χ1v) is 4.31. The average molecular weight is 182 g/mol. The van der Waals surface area contributed by atoms with Crippen LogP contribution in [0.15, 0.2) is 17.2 Å². The third-order valence-electron chi connectivity index (χ3n) is 1.91. The molecule has 0 fully saturated rings. The molecule has 0 aliphatic carbocycles. The van der Waals surface area contributed by atoms with Crippen molar-refractivity contribution in [2.45, 2.75) is 26.9 Å². The molecule has 0 aliphatic rings. The largest absolute Gasteiger partial charge is 0.470 e. The minimum Gasteiger partial charge on any atom is -0.470 e. The van der Waals surface area contributed by atoms with Crippen LogP contribution in [0.3, 0.4) is 0 Å². The lowest BCUT2D eigenvalue weighted by atomic mass is 10.1. The molecule has 0 saturated heterocycles.